The van der Waals surface area contributed by atoms with E-state index in [4.69, 9.17) is 0 Å². The van der Waals surface area contributed by atoms with Crippen molar-refractivity contribution >= 4 is 5.78 Å². The van der Waals surface area contributed by atoms with E-state index in [0.717, 1.165) is 6.54 Å². The first-order chi connectivity index (χ1) is 4.91. The largest absolute Gasteiger partial charge is 0.306 e. The number of carbonyl (C=O) groups is 1. The van der Waals surface area contributed by atoms with Crippen molar-refractivity contribution in [3.8, 4) is 0 Å². The molecule has 1 N–H and O–H groups in total. The van der Waals surface area contributed by atoms with Crippen molar-refractivity contribution in [2.75, 3.05) is 6.54 Å². The van der Waals surface area contributed by atoms with Crippen molar-refractivity contribution < 1.29 is 4.79 Å². The van der Waals surface area contributed by atoms with Crippen LogP contribution in [0.4, 0.5) is 0 Å². The number of ketones is 1. The number of likely N-dealkylation sites (N-methyl/N-ethyl adjacent to an activating group) is 1. The fraction of sp³-hybridized carbons (Fsp3) is 0.889. The summed E-state index contributed by atoms with van der Waals surface area (Å²) in [6.07, 6.45) is 0. The normalized spacial score (nSPS) is 12.2. The Kier molecular flexibility index (Phi) is 3.73. The third kappa shape index (κ3) is 3.02. The number of hydrogen-bond donors (Lipinski definition) is 1. The highest BCUT2D eigenvalue weighted by molar-refractivity contribution is 5.89. The molecule has 2 heteroatoms. The van der Waals surface area contributed by atoms with E-state index in [9.17, 15) is 4.79 Å². The standard InChI is InChI=1S/C9H19NO/c1-6-10-9(4,5)8(11)7(2)3/h7,10H,6H2,1-5H3. The van der Waals surface area contributed by atoms with E-state index in [0.29, 0.717) is 0 Å². The van der Waals surface area contributed by atoms with Gasteiger partial charge in [-0.2, -0.15) is 0 Å². The number of nitrogens with one attached hydrogen (secondary N) is 1. The lowest BCUT2D eigenvalue weighted by Gasteiger charge is -2.25. The smallest absolute Gasteiger partial charge is 0.154 e. The van der Waals surface area contributed by atoms with Crippen LogP contribution in [0.25, 0.3) is 0 Å². The molecule has 0 spiro atoms. The molecule has 0 aromatic carbocycles. The molecule has 0 aromatic rings. The van der Waals surface area contributed by atoms with Gasteiger partial charge in [0.1, 0.15) is 0 Å². The maximum absolute atomic E-state index is 11.5. The molecule has 0 radical (unpaired) electrons. The minimum Gasteiger partial charge on any atom is -0.306 e. The molecule has 0 fully saturated rings. The minimum atomic E-state index is -0.358. The Balaban J connectivity index is 4.17. The van der Waals surface area contributed by atoms with Crippen LogP contribution in [-0.4, -0.2) is 17.9 Å². The average Bonchev–Trinajstić information content (AvgIpc) is 1.86. The van der Waals surface area contributed by atoms with Crippen molar-refractivity contribution in [3.63, 3.8) is 0 Å². The summed E-state index contributed by atoms with van der Waals surface area (Å²) in [4.78, 5) is 11.5. The number of hydrogen-bond acceptors (Lipinski definition) is 2. The number of Topliss-reactive ketones (excluding diaryl/α,β-unsaturated/α-hetero) is 1. The van der Waals surface area contributed by atoms with Gasteiger partial charge in [0.2, 0.25) is 0 Å². The van der Waals surface area contributed by atoms with Crippen LogP contribution in [0.2, 0.25) is 0 Å². The van der Waals surface area contributed by atoms with Gasteiger partial charge in [-0.1, -0.05) is 20.8 Å². The molecule has 0 unspecified atom stereocenters. The molecular formula is C9H19NO. The Hall–Kier alpha value is -0.370. The monoisotopic (exact) mass is 157 g/mol. The first-order valence-corrected chi connectivity index (χ1v) is 4.21. The highest BCUT2D eigenvalue weighted by Gasteiger charge is 2.27. The third-order valence-corrected chi connectivity index (χ3v) is 1.76. The van der Waals surface area contributed by atoms with E-state index in [2.05, 4.69) is 5.32 Å². The van der Waals surface area contributed by atoms with Crippen molar-refractivity contribution in [2.45, 2.75) is 40.2 Å². The van der Waals surface area contributed by atoms with Crippen molar-refractivity contribution in [3.05, 3.63) is 0 Å². The predicted octanol–water partition coefficient (Wildman–Crippen LogP) is 1.60. The minimum absolute atomic E-state index is 0.115. The molecule has 0 saturated carbocycles. The van der Waals surface area contributed by atoms with Crippen LogP contribution in [0.3, 0.4) is 0 Å². The summed E-state index contributed by atoms with van der Waals surface area (Å²) in [6.45, 7) is 10.6. The van der Waals surface area contributed by atoms with Crippen molar-refractivity contribution in [2.24, 2.45) is 5.92 Å². The summed E-state index contributed by atoms with van der Waals surface area (Å²) < 4.78 is 0. The maximum atomic E-state index is 11.5. The average molecular weight is 157 g/mol. The molecule has 0 aliphatic carbocycles. The maximum Gasteiger partial charge on any atom is 0.154 e. The summed E-state index contributed by atoms with van der Waals surface area (Å²) >= 11 is 0. The molecular weight excluding hydrogens is 138 g/mol. The van der Waals surface area contributed by atoms with Gasteiger partial charge in [-0.25, -0.2) is 0 Å². The fourth-order valence-electron chi connectivity index (χ4n) is 1.25. The number of carbonyl (C=O) groups excluding carboxylic acids is 1. The van der Waals surface area contributed by atoms with Crippen molar-refractivity contribution in [1.82, 2.24) is 5.32 Å². The van der Waals surface area contributed by atoms with Crippen LogP contribution in [0.15, 0.2) is 0 Å². The van der Waals surface area contributed by atoms with Gasteiger partial charge in [-0.15, -0.1) is 0 Å². The molecule has 11 heavy (non-hydrogen) atoms. The lowest BCUT2D eigenvalue weighted by molar-refractivity contribution is -0.127. The zero-order chi connectivity index (χ0) is 9.07. The molecule has 66 valence electrons. The van der Waals surface area contributed by atoms with Crippen LogP contribution < -0.4 is 5.32 Å². The second kappa shape index (κ2) is 3.86. The predicted molar refractivity (Wildman–Crippen MR) is 47.6 cm³/mol. The van der Waals surface area contributed by atoms with E-state index in [1.165, 1.54) is 0 Å². The SMILES string of the molecule is CCNC(C)(C)C(=O)C(C)C. The van der Waals surface area contributed by atoms with E-state index < -0.39 is 0 Å². The molecule has 0 saturated heterocycles. The van der Waals surface area contributed by atoms with Crippen LogP contribution in [-0.2, 0) is 4.79 Å². The molecule has 2 nitrogen and oxygen atoms in total. The highest BCUT2D eigenvalue weighted by Crippen LogP contribution is 2.10. The number of rotatable bonds is 4. The summed E-state index contributed by atoms with van der Waals surface area (Å²) in [7, 11) is 0. The van der Waals surface area contributed by atoms with Crippen molar-refractivity contribution in [1.29, 1.82) is 0 Å². The van der Waals surface area contributed by atoms with Gasteiger partial charge < -0.3 is 5.32 Å². The third-order valence-electron chi connectivity index (χ3n) is 1.76. The van der Waals surface area contributed by atoms with Gasteiger partial charge in [0, 0.05) is 5.92 Å². The Morgan fingerprint density at radius 1 is 1.45 bits per heavy atom. The molecule has 0 aromatic heterocycles. The highest BCUT2D eigenvalue weighted by atomic mass is 16.1. The summed E-state index contributed by atoms with van der Waals surface area (Å²) in [5.41, 5.74) is -0.358. The molecule has 0 aliphatic heterocycles. The van der Waals surface area contributed by atoms with E-state index >= 15 is 0 Å². The van der Waals surface area contributed by atoms with E-state index in [1.807, 2.05) is 34.6 Å². The Bertz CT molecular complexity index is 138. The lowest BCUT2D eigenvalue weighted by Crippen LogP contribution is -2.48. The Morgan fingerprint density at radius 2 is 1.91 bits per heavy atom. The van der Waals surface area contributed by atoms with Gasteiger partial charge in [0.15, 0.2) is 5.78 Å². The molecule has 0 atom stereocenters. The van der Waals surface area contributed by atoms with Crippen LogP contribution >= 0.6 is 0 Å². The van der Waals surface area contributed by atoms with Gasteiger partial charge >= 0.3 is 0 Å². The van der Waals surface area contributed by atoms with E-state index in [-0.39, 0.29) is 17.2 Å². The van der Waals surface area contributed by atoms with E-state index in [1.54, 1.807) is 0 Å². The topological polar surface area (TPSA) is 29.1 Å². The van der Waals surface area contributed by atoms with Gasteiger partial charge in [-0.3, -0.25) is 4.79 Å². The lowest BCUT2D eigenvalue weighted by atomic mass is 9.91. The molecule has 0 heterocycles. The second-order valence-corrected chi connectivity index (χ2v) is 3.67. The summed E-state index contributed by atoms with van der Waals surface area (Å²) in [5, 5.41) is 3.15. The fourth-order valence-corrected chi connectivity index (χ4v) is 1.25. The molecule has 0 rings (SSSR count). The quantitative estimate of drug-likeness (QED) is 0.671. The first kappa shape index (κ1) is 10.6. The van der Waals surface area contributed by atoms with Crippen LogP contribution in [0.5, 0.6) is 0 Å². The summed E-state index contributed by atoms with van der Waals surface area (Å²) in [6, 6.07) is 0. The van der Waals surface area contributed by atoms with Gasteiger partial charge in [0.05, 0.1) is 5.54 Å². The molecule has 0 aliphatic rings. The molecule has 0 amide bonds. The summed E-state index contributed by atoms with van der Waals surface area (Å²) in [5.74, 6) is 0.392. The first-order valence-electron chi connectivity index (χ1n) is 4.21. The van der Waals surface area contributed by atoms with Crippen LogP contribution in [0, 0.1) is 5.92 Å². The zero-order valence-electron chi connectivity index (χ0n) is 8.19. The Morgan fingerprint density at radius 3 is 2.18 bits per heavy atom. The Labute approximate surface area is 69.4 Å². The molecule has 0 bridgehead atoms. The van der Waals surface area contributed by atoms with Crippen LogP contribution in [0.1, 0.15) is 34.6 Å². The zero-order valence-corrected chi connectivity index (χ0v) is 8.19. The van der Waals surface area contributed by atoms with Gasteiger partial charge in [-0.05, 0) is 20.4 Å². The second-order valence-electron chi connectivity index (χ2n) is 3.67. The van der Waals surface area contributed by atoms with Gasteiger partial charge in [0.25, 0.3) is 0 Å².